The van der Waals surface area contributed by atoms with E-state index in [1.807, 2.05) is 56.4 Å². The molecule has 2 rings (SSSR count). The molecule has 1 aromatic heterocycles. The molecular weight excluding hydrogens is 256 g/mol. The third kappa shape index (κ3) is 3.64. The van der Waals surface area contributed by atoms with E-state index in [2.05, 4.69) is 9.88 Å². The van der Waals surface area contributed by atoms with E-state index in [4.69, 9.17) is 0 Å². The summed E-state index contributed by atoms with van der Waals surface area (Å²) in [5.74, 6) is 0.961. The number of hydrogen-bond acceptors (Lipinski definition) is 3. The van der Waals surface area contributed by atoms with Gasteiger partial charge in [-0.05, 0) is 36.8 Å². The molecule has 100 valence electrons. The Kier molecular flexibility index (Phi) is 4.32. The largest absolute Gasteiger partial charge is 0.355 e. The van der Waals surface area contributed by atoms with Gasteiger partial charge in [-0.1, -0.05) is 18.2 Å². The van der Waals surface area contributed by atoms with Gasteiger partial charge in [0.2, 0.25) is 0 Å². The predicted molar refractivity (Wildman–Crippen MR) is 79.9 cm³/mol. The minimum Gasteiger partial charge on any atom is -0.355 e. The Hall–Kier alpha value is -1.68. The molecule has 0 aliphatic carbocycles. The van der Waals surface area contributed by atoms with Crippen molar-refractivity contribution in [2.45, 2.75) is 18.4 Å². The molecule has 3 nitrogen and oxygen atoms in total. The number of aryl methyl sites for hydroxylation is 1. The predicted octanol–water partition coefficient (Wildman–Crippen LogP) is 2.76. The first-order chi connectivity index (χ1) is 9.06. The first kappa shape index (κ1) is 13.7. The van der Waals surface area contributed by atoms with Gasteiger partial charge in [-0.3, -0.25) is 4.21 Å². The second-order valence-corrected chi connectivity index (χ2v) is 5.97. The van der Waals surface area contributed by atoms with Gasteiger partial charge in [-0.2, -0.15) is 0 Å². The molecule has 19 heavy (non-hydrogen) atoms. The molecule has 2 aromatic rings. The number of rotatable bonds is 4. The quantitative estimate of drug-likeness (QED) is 0.859. The zero-order chi connectivity index (χ0) is 13.8. The smallest absolute Gasteiger partial charge is 0.128 e. The lowest BCUT2D eigenvalue weighted by atomic mass is 10.2. The number of pyridine rings is 1. The van der Waals surface area contributed by atoms with Crippen LogP contribution in [0.3, 0.4) is 0 Å². The van der Waals surface area contributed by atoms with Crippen LogP contribution in [0.5, 0.6) is 0 Å². The molecule has 1 atom stereocenters. The Balaban J connectivity index is 2.10. The van der Waals surface area contributed by atoms with Crippen LogP contribution in [-0.2, 0) is 17.3 Å². The van der Waals surface area contributed by atoms with Crippen molar-refractivity contribution in [3.63, 3.8) is 0 Å². The number of benzene rings is 1. The van der Waals surface area contributed by atoms with E-state index >= 15 is 0 Å². The number of hydrogen-bond donors (Lipinski definition) is 0. The zero-order valence-electron chi connectivity index (χ0n) is 11.5. The van der Waals surface area contributed by atoms with Gasteiger partial charge in [0.15, 0.2) is 0 Å². The summed E-state index contributed by atoms with van der Waals surface area (Å²) in [6, 6.07) is 13.9. The fraction of sp³-hybridized carbons (Fsp3) is 0.267. The lowest BCUT2D eigenvalue weighted by Gasteiger charge is -2.18. The first-order valence-electron chi connectivity index (χ1n) is 6.13. The molecule has 1 heterocycles. The number of nitrogens with zero attached hydrogens (tertiary/aromatic N) is 2. The van der Waals surface area contributed by atoms with Gasteiger partial charge in [-0.15, -0.1) is 0 Å². The van der Waals surface area contributed by atoms with Crippen LogP contribution in [0.25, 0.3) is 0 Å². The molecule has 1 aromatic carbocycles. The Morgan fingerprint density at radius 1 is 1.16 bits per heavy atom. The summed E-state index contributed by atoms with van der Waals surface area (Å²) >= 11 is 0. The number of aromatic nitrogens is 1. The summed E-state index contributed by atoms with van der Waals surface area (Å²) in [5.41, 5.74) is 2.20. The first-order valence-corrected chi connectivity index (χ1v) is 7.69. The summed E-state index contributed by atoms with van der Waals surface area (Å²) in [6.45, 7) is 2.77. The average Bonchev–Trinajstić information content (AvgIpc) is 2.39. The summed E-state index contributed by atoms with van der Waals surface area (Å²) in [5, 5.41) is 0. The molecule has 0 bridgehead atoms. The van der Waals surface area contributed by atoms with Crippen LogP contribution < -0.4 is 4.90 Å². The highest BCUT2D eigenvalue weighted by molar-refractivity contribution is 7.84. The van der Waals surface area contributed by atoms with Crippen LogP contribution >= 0.6 is 0 Å². The highest BCUT2D eigenvalue weighted by Crippen LogP contribution is 2.14. The monoisotopic (exact) mass is 274 g/mol. The second kappa shape index (κ2) is 5.97. The van der Waals surface area contributed by atoms with Crippen LogP contribution in [0.1, 0.15) is 11.3 Å². The molecule has 0 amide bonds. The summed E-state index contributed by atoms with van der Waals surface area (Å²) in [4.78, 5) is 7.46. The third-order valence-corrected chi connectivity index (χ3v) is 3.88. The molecule has 0 aliphatic rings. The van der Waals surface area contributed by atoms with E-state index in [1.54, 1.807) is 6.26 Å². The van der Waals surface area contributed by atoms with Gasteiger partial charge in [-0.25, -0.2) is 4.98 Å². The maximum atomic E-state index is 11.3. The van der Waals surface area contributed by atoms with E-state index in [9.17, 15) is 4.21 Å². The van der Waals surface area contributed by atoms with Crippen LogP contribution in [-0.4, -0.2) is 22.5 Å². The van der Waals surface area contributed by atoms with Crippen molar-refractivity contribution < 1.29 is 4.21 Å². The Bertz CT molecular complexity index is 581. The van der Waals surface area contributed by atoms with E-state index in [0.717, 1.165) is 23.0 Å². The highest BCUT2D eigenvalue weighted by Gasteiger charge is 2.04. The van der Waals surface area contributed by atoms with Gasteiger partial charge in [0.25, 0.3) is 0 Å². The standard InChI is InChI=1S/C15H18N2OS/c1-12-5-4-6-15(16-12)17(2)11-13-7-9-14(10-8-13)19(3)18/h4-10H,11H2,1-3H3. The van der Waals surface area contributed by atoms with E-state index in [-0.39, 0.29) is 0 Å². The molecule has 0 fully saturated rings. The molecule has 4 heteroatoms. The van der Waals surface area contributed by atoms with E-state index in [1.165, 1.54) is 5.56 Å². The normalized spacial score (nSPS) is 12.2. The lowest BCUT2D eigenvalue weighted by molar-refractivity contribution is 0.687. The van der Waals surface area contributed by atoms with Crippen molar-refractivity contribution in [2.75, 3.05) is 18.2 Å². The SMILES string of the molecule is Cc1cccc(N(C)Cc2ccc(S(C)=O)cc2)n1. The van der Waals surface area contributed by atoms with Crippen molar-refractivity contribution >= 4 is 16.6 Å². The molecule has 0 saturated heterocycles. The van der Waals surface area contributed by atoms with Crippen LogP contribution in [0.2, 0.25) is 0 Å². The van der Waals surface area contributed by atoms with Gasteiger partial charge in [0, 0.05) is 41.2 Å². The van der Waals surface area contributed by atoms with Crippen molar-refractivity contribution in [1.82, 2.24) is 4.98 Å². The van der Waals surface area contributed by atoms with Crippen molar-refractivity contribution in [2.24, 2.45) is 0 Å². The average molecular weight is 274 g/mol. The fourth-order valence-corrected chi connectivity index (χ4v) is 2.40. The zero-order valence-corrected chi connectivity index (χ0v) is 12.3. The maximum absolute atomic E-state index is 11.3. The molecule has 0 spiro atoms. The molecule has 1 unspecified atom stereocenters. The molecular formula is C15H18N2OS. The topological polar surface area (TPSA) is 33.2 Å². The Morgan fingerprint density at radius 2 is 1.84 bits per heavy atom. The van der Waals surface area contributed by atoms with E-state index in [0.29, 0.717) is 0 Å². The minimum absolute atomic E-state index is 0.785. The summed E-state index contributed by atoms with van der Waals surface area (Å²) in [6.07, 6.45) is 1.69. The fourth-order valence-electron chi connectivity index (χ4n) is 1.88. The Labute approximate surface area is 116 Å². The Morgan fingerprint density at radius 3 is 2.42 bits per heavy atom. The van der Waals surface area contributed by atoms with Crippen molar-refractivity contribution in [3.05, 3.63) is 53.7 Å². The summed E-state index contributed by atoms with van der Waals surface area (Å²) in [7, 11) is 1.11. The van der Waals surface area contributed by atoms with Crippen molar-refractivity contribution in [1.29, 1.82) is 0 Å². The number of anilines is 1. The van der Waals surface area contributed by atoms with Gasteiger partial charge in [0.05, 0.1) is 0 Å². The highest BCUT2D eigenvalue weighted by atomic mass is 32.2. The molecule has 0 N–H and O–H groups in total. The van der Waals surface area contributed by atoms with Crippen LogP contribution in [0.15, 0.2) is 47.4 Å². The molecule has 0 radical (unpaired) electrons. The minimum atomic E-state index is -0.915. The van der Waals surface area contributed by atoms with Crippen LogP contribution in [0.4, 0.5) is 5.82 Å². The second-order valence-electron chi connectivity index (χ2n) is 4.59. The van der Waals surface area contributed by atoms with Gasteiger partial charge >= 0.3 is 0 Å². The lowest BCUT2D eigenvalue weighted by Crippen LogP contribution is -2.17. The van der Waals surface area contributed by atoms with Gasteiger partial charge < -0.3 is 4.90 Å². The van der Waals surface area contributed by atoms with E-state index < -0.39 is 10.8 Å². The van der Waals surface area contributed by atoms with Gasteiger partial charge in [0.1, 0.15) is 5.82 Å². The summed E-state index contributed by atoms with van der Waals surface area (Å²) < 4.78 is 11.3. The van der Waals surface area contributed by atoms with Crippen LogP contribution in [0, 0.1) is 6.92 Å². The van der Waals surface area contributed by atoms with Crippen molar-refractivity contribution in [3.8, 4) is 0 Å². The molecule has 0 saturated carbocycles. The maximum Gasteiger partial charge on any atom is 0.128 e. The molecule has 0 aliphatic heterocycles. The third-order valence-electron chi connectivity index (χ3n) is 2.94.